The molecule has 8 nitrogen and oxygen atoms in total. The molecule has 0 atom stereocenters. The van der Waals surface area contributed by atoms with Crippen molar-refractivity contribution >= 4 is 10.0 Å². The molecule has 2 heterocycles. The Morgan fingerprint density at radius 3 is 2.75 bits per heavy atom. The SMILES string of the molecule is COCC1(CNS(=O)(=O)c2cnnn2C)CCNCC1. The Bertz CT molecular complexity index is 530. The summed E-state index contributed by atoms with van der Waals surface area (Å²) in [6.07, 6.45) is 3.01. The lowest BCUT2D eigenvalue weighted by molar-refractivity contribution is 0.0577. The zero-order valence-electron chi connectivity index (χ0n) is 11.8. The highest BCUT2D eigenvalue weighted by Gasteiger charge is 2.34. The highest BCUT2D eigenvalue weighted by molar-refractivity contribution is 7.89. The van der Waals surface area contributed by atoms with E-state index in [1.165, 1.54) is 10.9 Å². The van der Waals surface area contributed by atoms with Crippen LogP contribution in [0.4, 0.5) is 0 Å². The van der Waals surface area contributed by atoms with E-state index in [4.69, 9.17) is 4.74 Å². The maximum absolute atomic E-state index is 12.2. The Morgan fingerprint density at radius 2 is 2.20 bits per heavy atom. The number of nitrogens with one attached hydrogen (secondary N) is 2. The Balaban J connectivity index is 2.07. The quantitative estimate of drug-likeness (QED) is 0.707. The van der Waals surface area contributed by atoms with Crippen LogP contribution in [-0.4, -0.2) is 56.8 Å². The van der Waals surface area contributed by atoms with Crippen LogP contribution < -0.4 is 10.0 Å². The van der Waals surface area contributed by atoms with Crippen molar-refractivity contribution in [3.8, 4) is 0 Å². The lowest BCUT2D eigenvalue weighted by atomic mass is 9.80. The zero-order chi connectivity index (χ0) is 14.6. The number of aromatic nitrogens is 3. The molecule has 0 spiro atoms. The van der Waals surface area contributed by atoms with Gasteiger partial charge < -0.3 is 10.1 Å². The van der Waals surface area contributed by atoms with Gasteiger partial charge in [0.2, 0.25) is 0 Å². The topological polar surface area (TPSA) is 98.1 Å². The summed E-state index contributed by atoms with van der Waals surface area (Å²) < 4.78 is 33.6. The van der Waals surface area contributed by atoms with Crippen LogP contribution in [0.25, 0.3) is 0 Å². The maximum atomic E-state index is 12.2. The van der Waals surface area contributed by atoms with Crippen molar-refractivity contribution in [3.05, 3.63) is 6.20 Å². The van der Waals surface area contributed by atoms with E-state index in [9.17, 15) is 8.42 Å². The monoisotopic (exact) mass is 303 g/mol. The van der Waals surface area contributed by atoms with Gasteiger partial charge in [-0.05, 0) is 25.9 Å². The van der Waals surface area contributed by atoms with Gasteiger partial charge in [-0.25, -0.2) is 17.8 Å². The number of aryl methyl sites for hydroxylation is 1. The summed E-state index contributed by atoms with van der Waals surface area (Å²) in [5.41, 5.74) is -0.154. The summed E-state index contributed by atoms with van der Waals surface area (Å²) >= 11 is 0. The van der Waals surface area contributed by atoms with Crippen molar-refractivity contribution < 1.29 is 13.2 Å². The van der Waals surface area contributed by atoms with Crippen molar-refractivity contribution in [1.29, 1.82) is 0 Å². The summed E-state index contributed by atoms with van der Waals surface area (Å²) in [5, 5.41) is 10.6. The molecule has 0 aliphatic carbocycles. The number of sulfonamides is 1. The third kappa shape index (κ3) is 3.35. The van der Waals surface area contributed by atoms with Gasteiger partial charge in [-0.15, -0.1) is 5.10 Å². The van der Waals surface area contributed by atoms with Gasteiger partial charge in [-0.1, -0.05) is 5.21 Å². The minimum atomic E-state index is -3.59. The van der Waals surface area contributed by atoms with Gasteiger partial charge in [0, 0.05) is 26.1 Å². The van der Waals surface area contributed by atoms with E-state index in [-0.39, 0.29) is 10.4 Å². The predicted octanol–water partition coefficient (Wildman–Crippen LogP) is -0.890. The van der Waals surface area contributed by atoms with Crippen molar-refractivity contribution in [2.45, 2.75) is 17.9 Å². The maximum Gasteiger partial charge on any atom is 0.259 e. The Labute approximate surface area is 118 Å². The smallest absolute Gasteiger partial charge is 0.259 e. The molecule has 0 radical (unpaired) electrons. The molecule has 0 saturated carbocycles. The van der Waals surface area contributed by atoms with Crippen molar-refractivity contribution in [1.82, 2.24) is 25.0 Å². The van der Waals surface area contributed by atoms with E-state index in [0.717, 1.165) is 25.9 Å². The third-order valence-electron chi connectivity index (χ3n) is 3.70. The van der Waals surface area contributed by atoms with E-state index >= 15 is 0 Å². The lowest BCUT2D eigenvalue weighted by Crippen LogP contribution is -2.47. The second-order valence-electron chi connectivity index (χ2n) is 5.20. The summed E-state index contributed by atoms with van der Waals surface area (Å²) in [7, 11) is -0.397. The summed E-state index contributed by atoms with van der Waals surface area (Å²) in [4.78, 5) is 0. The number of ether oxygens (including phenoxy) is 1. The van der Waals surface area contributed by atoms with Gasteiger partial charge in [0.25, 0.3) is 10.0 Å². The van der Waals surface area contributed by atoms with Crippen LogP contribution in [0.3, 0.4) is 0 Å². The van der Waals surface area contributed by atoms with Crippen LogP contribution in [0.1, 0.15) is 12.8 Å². The fourth-order valence-electron chi connectivity index (χ4n) is 2.48. The average molecular weight is 303 g/mol. The van der Waals surface area contributed by atoms with Crippen LogP contribution in [0.2, 0.25) is 0 Å². The molecule has 2 rings (SSSR count). The second-order valence-corrected chi connectivity index (χ2v) is 6.92. The molecule has 1 aliphatic heterocycles. The number of hydrogen-bond acceptors (Lipinski definition) is 6. The molecule has 1 saturated heterocycles. The Morgan fingerprint density at radius 1 is 1.50 bits per heavy atom. The first-order valence-electron chi connectivity index (χ1n) is 6.53. The molecule has 1 aromatic rings. The molecule has 114 valence electrons. The van der Waals surface area contributed by atoms with Gasteiger partial charge in [-0.3, -0.25) is 0 Å². The minimum absolute atomic E-state index is 0.0685. The summed E-state index contributed by atoms with van der Waals surface area (Å²) in [6.45, 7) is 2.65. The van der Waals surface area contributed by atoms with Gasteiger partial charge in [0.1, 0.15) is 0 Å². The van der Waals surface area contributed by atoms with Crippen LogP contribution >= 0.6 is 0 Å². The molecule has 1 aromatic heterocycles. The van der Waals surface area contributed by atoms with Crippen molar-refractivity contribution in [2.24, 2.45) is 12.5 Å². The van der Waals surface area contributed by atoms with Gasteiger partial charge in [-0.2, -0.15) is 0 Å². The minimum Gasteiger partial charge on any atom is -0.384 e. The average Bonchev–Trinajstić information content (AvgIpc) is 2.85. The normalized spacial score (nSPS) is 19.1. The Kier molecular flexibility index (Phi) is 4.74. The number of hydrogen-bond donors (Lipinski definition) is 2. The molecule has 1 fully saturated rings. The largest absolute Gasteiger partial charge is 0.384 e. The molecule has 0 bridgehead atoms. The van der Waals surface area contributed by atoms with Gasteiger partial charge >= 0.3 is 0 Å². The molecule has 20 heavy (non-hydrogen) atoms. The highest BCUT2D eigenvalue weighted by Crippen LogP contribution is 2.28. The molecule has 9 heteroatoms. The molecule has 0 unspecified atom stereocenters. The van der Waals surface area contributed by atoms with E-state index in [1.807, 2.05) is 0 Å². The molecule has 1 aliphatic rings. The number of methoxy groups -OCH3 is 1. The van der Waals surface area contributed by atoms with E-state index in [0.29, 0.717) is 13.2 Å². The fraction of sp³-hybridized carbons (Fsp3) is 0.818. The van der Waals surface area contributed by atoms with E-state index < -0.39 is 10.0 Å². The van der Waals surface area contributed by atoms with Gasteiger partial charge in [0.05, 0.1) is 12.8 Å². The van der Waals surface area contributed by atoms with Crippen LogP contribution in [0.15, 0.2) is 11.2 Å². The lowest BCUT2D eigenvalue weighted by Gasteiger charge is -2.37. The van der Waals surface area contributed by atoms with Crippen molar-refractivity contribution in [3.63, 3.8) is 0 Å². The second kappa shape index (κ2) is 6.17. The predicted molar refractivity (Wildman–Crippen MR) is 72.6 cm³/mol. The third-order valence-corrected chi connectivity index (χ3v) is 5.14. The van der Waals surface area contributed by atoms with Gasteiger partial charge in [0.15, 0.2) is 5.03 Å². The summed E-state index contributed by atoms with van der Waals surface area (Å²) in [5.74, 6) is 0. The number of piperidine rings is 1. The first-order chi connectivity index (χ1) is 9.49. The standard InChI is InChI=1S/C11H21N5O3S/c1-16-10(7-13-15-16)20(17,18)14-8-11(9-19-2)3-5-12-6-4-11/h7,12,14H,3-6,8-9H2,1-2H3. The molecular weight excluding hydrogens is 282 g/mol. The zero-order valence-corrected chi connectivity index (χ0v) is 12.6. The highest BCUT2D eigenvalue weighted by atomic mass is 32.2. The summed E-state index contributed by atoms with van der Waals surface area (Å²) in [6, 6.07) is 0. The van der Waals surface area contributed by atoms with Crippen LogP contribution in [0.5, 0.6) is 0 Å². The Hall–Kier alpha value is -1.03. The molecule has 0 aromatic carbocycles. The van der Waals surface area contributed by atoms with Crippen LogP contribution in [-0.2, 0) is 21.8 Å². The molecule has 0 amide bonds. The molecule has 2 N–H and O–H groups in total. The van der Waals surface area contributed by atoms with E-state index in [1.54, 1.807) is 14.2 Å². The fourth-order valence-corrected chi connectivity index (χ4v) is 3.70. The first-order valence-corrected chi connectivity index (χ1v) is 8.01. The van der Waals surface area contributed by atoms with E-state index in [2.05, 4.69) is 20.4 Å². The number of nitrogens with zero attached hydrogens (tertiary/aromatic N) is 3. The molecular formula is C11H21N5O3S. The number of rotatable bonds is 6. The first kappa shape index (κ1) is 15.4. The van der Waals surface area contributed by atoms with Crippen molar-refractivity contribution in [2.75, 3.05) is 33.4 Å². The van der Waals surface area contributed by atoms with Crippen LogP contribution in [0, 0.1) is 5.41 Å².